The van der Waals surface area contributed by atoms with Crippen LogP contribution in [0.4, 0.5) is 0 Å². The normalized spacial score (nSPS) is 15.2. The molecule has 13 heteroatoms. The van der Waals surface area contributed by atoms with Gasteiger partial charge >= 0.3 is 19.1 Å². The third-order valence-corrected chi connectivity index (χ3v) is 4.51. The van der Waals surface area contributed by atoms with Crippen molar-refractivity contribution in [3.63, 3.8) is 0 Å². The van der Waals surface area contributed by atoms with Crippen molar-refractivity contribution in [2.45, 2.75) is 24.9 Å². The number of aromatic carboxylic acids is 1. The Labute approximate surface area is 171 Å². The van der Waals surface area contributed by atoms with Crippen LogP contribution >= 0.6 is 0 Å². The number of phenols is 1. The van der Waals surface area contributed by atoms with Gasteiger partial charge in [-0.15, -0.1) is 0 Å². The van der Waals surface area contributed by atoms with Gasteiger partial charge in [-0.25, -0.2) is 9.59 Å². The standard InChI is InChI=1S/C17H23BN2O10/c21-8-11(16(24)25)19-13(22)7-20-5-10(6-20)30-12-2-1-9(3-4-18(28)29)15(23)14(12)17(26)27/h1-2,10-11,21,23,28-29H,3-8H2,(H,19,22)(H,24,25)(H,26,27)/t11-/m0/s1. The summed E-state index contributed by atoms with van der Waals surface area (Å²) in [7, 11) is -1.59. The van der Waals surface area contributed by atoms with Gasteiger partial charge in [0.2, 0.25) is 5.91 Å². The van der Waals surface area contributed by atoms with Crippen molar-refractivity contribution in [2.24, 2.45) is 0 Å². The van der Waals surface area contributed by atoms with Crippen LogP contribution in [-0.4, -0.2) is 98.7 Å². The molecular formula is C17H23BN2O10. The Morgan fingerprint density at radius 1 is 1.23 bits per heavy atom. The number of ether oxygens (including phenoxy) is 1. The molecule has 164 valence electrons. The Balaban J connectivity index is 1.93. The number of nitrogens with one attached hydrogen (secondary N) is 1. The van der Waals surface area contributed by atoms with Gasteiger partial charge in [0, 0.05) is 13.1 Å². The second kappa shape index (κ2) is 10.3. The highest BCUT2D eigenvalue weighted by Gasteiger charge is 2.32. The smallest absolute Gasteiger partial charge is 0.451 e. The zero-order chi connectivity index (χ0) is 22.4. The minimum absolute atomic E-state index is 0.0571. The van der Waals surface area contributed by atoms with E-state index in [0.29, 0.717) is 0 Å². The summed E-state index contributed by atoms with van der Waals surface area (Å²) in [6.07, 6.45) is -0.471. The maximum atomic E-state index is 11.8. The van der Waals surface area contributed by atoms with E-state index in [1.54, 1.807) is 4.90 Å². The van der Waals surface area contributed by atoms with Gasteiger partial charge < -0.3 is 40.5 Å². The fourth-order valence-corrected chi connectivity index (χ4v) is 2.94. The number of hydrogen-bond acceptors (Lipinski definition) is 9. The number of hydrogen-bond donors (Lipinski definition) is 7. The Kier molecular flexibility index (Phi) is 8.00. The molecule has 0 saturated carbocycles. The number of amides is 1. The van der Waals surface area contributed by atoms with Crippen LogP contribution in [0.3, 0.4) is 0 Å². The molecule has 1 heterocycles. The summed E-state index contributed by atoms with van der Waals surface area (Å²) in [5.74, 6) is -3.93. The number of carbonyl (C=O) groups is 3. The monoisotopic (exact) mass is 426 g/mol. The highest BCUT2D eigenvalue weighted by atomic mass is 16.5. The van der Waals surface area contributed by atoms with E-state index in [9.17, 15) is 24.6 Å². The van der Waals surface area contributed by atoms with Crippen molar-refractivity contribution in [2.75, 3.05) is 26.2 Å². The van der Waals surface area contributed by atoms with E-state index < -0.39 is 55.0 Å². The van der Waals surface area contributed by atoms with Crippen molar-refractivity contribution < 1.29 is 49.6 Å². The Morgan fingerprint density at radius 3 is 2.43 bits per heavy atom. The van der Waals surface area contributed by atoms with E-state index in [0.717, 1.165) is 0 Å². The molecule has 12 nitrogen and oxygen atoms in total. The number of benzene rings is 1. The lowest BCUT2D eigenvalue weighted by Crippen LogP contribution is -2.57. The molecule has 2 rings (SSSR count). The molecule has 7 N–H and O–H groups in total. The topological polar surface area (TPSA) is 197 Å². The van der Waals surface area contributed by atoms with Gasteiger partial charge in [-0.3, -0.25) is 9.69 Å². The molecule has 1 aliphatic rings. The number of aliphatic carboxylic acids is 1. The molecule has 0 bridgehead atoms. The highest BCUT2D eigenvalue weighted by Crippen LogP contribution is 2.33. The summed E-state index contributed by atoms with van der Waals surface area (Å²) in [4.78, 5) is 35.8. The van der Waals surface area contributed by atoms with E-state index in [2.05, 4.69) is 5.32 Å². The van der Waals surface area contributed by atoms with Crippen LogP contribution in [-0.2, 0) is 16.0 Å². The molecule has 0 aromatic heterocycles. The zero-order valence-electron chi connectivity index (χ0n) is 15.9. The predicted molar refractivity (Wildman–Crippen MR) is 101 cm³/mol. The van der Waals surface area contributed by atoms with Crippen LogP contribution in [0.2, 0.25) is 6.32 Å². The number of aryl methyl sites for hydroxylation is 1. The quantitative estimate of drug-likeness (QED) is 0.188. The number of aliphatic hydroxyl groups is 1. The van der Waals surface area contributed by atoms with Crippen LogP contribution in [0.15, 0.2) is 12.1 Å². The van der Waals surface area contributed by atoms with Crippen molar-refractivity contribution in [1.29, 1.82) is 0 Å². The van der Waals surface area contributed by atoms with E-state index >= 15 is 0 Å². The molecule has 30 heavy (non-hydrogen) atoms. The predicted octanol–water partition coefficient (Wildman–Crippen LogP) is -2.27. The summed E-state index contributed by atoms with van der Waals surface area (Å²) in [6.45, 7) is -0.324. The van der Waals surface area contributed by atoms with E-state index in [1.807, 2.05) is 0 Å². The van der Waals surface area contributed by atoms with E-state index in [1.165, 1.54) is 12.1 Å². The minimum atomic E-state index is -1.59. The lowest BCUT2D eigenvalue weighted by molar-refractivity contribution is -0.143. The fourth-order valence-electron chi connectivity index (χ4n) is 2.94. The summed E-state index contributed by atoms with van der Waals surface area (Å²) < 4.78 is 5.61. The van der Waals surface area contributed by atoms with Crippen LogP contribution < -0.4 is 10.1 Å². The number of rotatable bonds is 11. The number of aromatic hydroxyl groups is 1. The first-order chi connectivity index (χ1) is 14.1. The summed E-state index contributed by atoms with van der Waals surface area (Å²) in [5, 5.41) is 57.4. The maximum Gasteiger partial charge on any atom is 0.451 e. The average Bonchev–Trinajstić information content (AvgIpc) is 2.62. The van der Waals surface area contributed by atoms with Gasteiger partial charge in [-0.1, -0.05) is 6.07 Å². The first kappa shape index (κ1) is 23.4. The molecule has 0 radical (unpaired) electrons. The van der Waals surface area contributed by atoms with Gasteiger partial charge in [0.15, 0.2) is 0 Å². The molecule has 0 unspecified atom stereocenters. The van der Waals surface area contributed by atoms with Gasteiger partial charge in [-0.05, 0) is 24.4 Å². The minimum Gasteiger partial charge on any atom is -0.507 e. The lowest BCUT2D eigenvalue weighted by Gasteiger charge is -2.38. The van der Waals surface area contributed by atoms with Crippen molar-refractivity contribution in [3.8, 4) is 11.5 Å². The van der Waals surface area contributed by atoms with Crippen molar-refractivity contribution >= 4 is 25.0 Å². The lowest BCUT2D eigenvalue weighted by atomic mass is 9.82. The maximum absolute atomic E-state index is 11.8. The van der Waals surface area contributed by atoms with Crippen molar-refractivity contribution in [1.82, 2.24) is 10.2 Å². The number of nitrogens with zero attached hydrogens (tertiary/aromatic N) is 1. The van der Waals surface area contributed by atoms with Crippen LogP contribution in [0.5, 0.6) is 11.5 Å². The Hall–Kier alpha value is -2.87. The summed E-state index contributed by atoms with van der Waals surface area (Å²) in [5.41, 5.74) is -0.208. The molecule has 1 aromatic rings. The molecular weight excluding hydrogens is 403 g/mol. The van der Waals surface area contributed by atoms with Crippen LogP contribution in [0.1, 0.15) is 15.9 Å². The summed E-state index contributed by atoms with van der Waals surface area (Å²) in [6, 6.07) is 1.41. The number of likely N-dealkylation sites (tertiary alicyclic amines) is 1. The molecule has 1 aromatic carbocycles. The number of carboxylic acid groups (broad SMARTS) is 2. The molecule has 0 spiro atoms. The third kappa shape index (κ3) is 6.06. The van der Waals surface area contributed by atoms with E-state index in [4.69, 9.17) is 25.0 Å². The van der Waals surface area contributed by atoms with E-state index in [-0.39, 0.29) is 43.7 Å². The van der Waals surface area contributed by atoms with Crippen molar-refractivity contribution in [3.05, 3.63) is 23.3 Å². The first-order valence-corrected chi connectivity index (χ1v) is 9.08. The van der Waals surface area contributed by atoms with Gasteiger partial charge in [-0.2, -0.15) is 0 Å². The molecule has 0 aliphatic carbocycles. The molecule has 1 atom stereocenters. The molecule has 1 aliphatic heterocycles. The summed E-state index contributed by atoms with van der Waals surface area (Å²) >= 11 is 0. The molecule has 1 amide bonds. The highest BCUT2D eigenvalue weighted by molar-refractivity contribution is 6.41. The zero-order valence-corrected chi connectivity index (χ0v) is 15.9. The second-order valence-electron chi connectivity index (χ2n) is 6.85. The largest absolute Gasteiger partial charge is 0.507 e. The number of aliphatic hydroxyl groups excluding tert-OH is 1. The molecule has 1 saturated heterocycles. The van der Waals surface area contributed by atoms with Gasteiger partial charge in [0.1, 0.15) is 29.2 Å². The molecule has 1 fully saturated rings. The number of carbonyl (C=O) groups excluding carboxylic acids is 1. The van der Waals surface area contributed by atoms with Gasteiger partial charge in [0.25, 0.3) is 0 Å². The SMILES string of the molecule is O=C(CN1CC(Oc2ccc(CCB(O)O)c(O)c2C(=O)O)C1)N[C@@H](CO)C(=O)O. The second-order valence-corrected chi connectivity index (χ2v) is 6.85. The Morgan fingerprint density at radius 2 is 1.90 bits per heavy atom. The Bertz CT molecular complexity index is 797. The van der Waals surface area contributed by atoms with Crippen LogP contribution in [0.25, 0.3) is 0 Å². The fraction of sp³-hybridized carbons (Fsp3) is 0.471. The first-order valence-electron chi connectivity index (χ1n) is 9.08. The van der Waals surface area contributed by atoms with Crippen LogP contribution in [0, 0.1) is 0 Å². The van der Waals surface area contributed by atoms with Gasteiger partial charge in [0.05, 0.1) is 13.2 Å². The third-order valence-electron chi connectivity index (χ3n) is 4.51. The number of carboxylic acids is 2. The average molecular weight is 426 g/mol.